The van der Waals surface area contributed by atoms with Crippen LogP contribution < -0.4 is 10.6 Å². The standard InChI is InChI=1S/C14H22N4O3/c1-5-18(6-2)12(19)9-17(3)13-10(15)7-8-11(16-13)14(20)21-4/h7-8H,5-6,9,15H2,1-4H3. The molecule has 1 amide bonds. The van der Waals surface area contributed by atoms with Crippen LogP contribution in [-0.2, 0) is 9.53 Å². The number of hydrogen-bond donors (Lipinski definition) is 1. The fraction of sp³-hybridized carbons (Fsp3) is 0.500. The maximum absolute atomic E-state index is 12.1. The van der Waals surface area contributed by atoms with Crippen molar-refractivity contribution in [3.63, 3.8) is 0 Å². The van der Waals surface area contributed by atoms with E-state index < -0.39 is 5.97 Å². The van der Waals surface area contributed by atoms with E-state index in [1.165, 1.54) is 13.2 Å². The highest BCUT2D eigenvalue weighted by molar-refractivity contribution is 5.89. The Morgan fingerprint density at radius 2 is 1.90 bits per heavy atom. The molecule has 0 aliphatic rings. The van der Waals surface area contributed by atoms with Crippen LogP contribution in [-0.4, -0.2) is 55.6 Å². The molecular weight excluding hydrogens is 272 g/mol. The summed E-state index contributed by atoms with van der Waals surface area (Å²) in [4.78, 5) is 31.1. The molecule has 2 N–H and O–H groups in total. The molecule has 1 aromatic rings. The Kier molecular flexibility index (Phi) is 5.95. The molecule has 0 atom stereocenters. The number of rotatable bonds is 6. The van der Waals surface area contributed by atoms with Crippen molar-refractivity contribution in [3.8, 4) is 0 Å². The average molecular weight is 294 g/mol. The Balaban J connectivity index is 2.93. The summed E-state index contributed by atoms with van der Waals surface area (Å²) in [7, 11) is 2.99. The summed E-state index contributed by atoms with van der Waals surface area (Å²) >= 11 is 0. The molecular formula is C14H22N4O3. The molecule has 1 aromatic heterocycles. The summed E-state index contributed by atoms with van der Waals surface area (Å²) in [5.74, 6) is -0.176. The SMILES string of the molecule is CCN(CC)C(=O)CN(C)c1nc(C(=O)OC)ccc1N. The molecule has 0 bridgehead atoms. The number of aromatic nitrogens is 1. The van der Waals surface area contributed by atoms with Gasteiger partial charge in [-0.2, -0.15) is 0 Å². The van der Waals surface area contributed by atoms with Gasteiger partial charge in [-0.3, -0.25) is 4.79 Å². The van der Waals surface area contributed by atoms with E-state index in [-0.39, 0.29) is 18.1 Å². The predicted molar refractivity (Wildman–Crippen MR) is 81.2 cm³/mol. The van der Waals surface area contributed by atoms with Crippen LogP contribution in [0.5, 0.6) is 0 Å². The van der Waals surface area contributed by atoms with Gasteiger partial charge in [-0.05, 0) is 26.0 Å². The highest BCUT2D eigenvalue weighted by Crippen LogP contribution is 2.20. The molecule has 7 heteroatoms. The van der Waals surface area contributed by atoms with Gasteiger partial charge in [0, 0.05) is 20.1 Å². The van der Waals surface area contributed by atoms with Gasteiger partial charge in [0.1, 0.15) is 0 Å². The van der Waals surface area contributed by atoms with E-state index in [0.29, 0.717) is 24.6 Å². The first-order valence-electron chi connectivity index (χ1n) is 6.78. The zero-order chi connectivity index (χ0) is 16.0. The Morgan fingerprint density at radius 3 is 2.43 bits per heavy atom. The minimum absolute atomic E-state index is 0.0211. The van der Waals surface area contributed by atoms with E-state index in [4.69, 9.17) is 5.73 Å². The molecule has 116 valence electrons. The van der Waals surface area contributed by atoms with Crippen LogP contribution in [0.2, 0.25) is 0 Å². The first kappa shape index (κ1) is 16.7. The number of ether oxygens (including phenoxy) is 1. The van der Waals surface area contributed by atoms with Crippen molar-refractivity contribution in [1.29, 1.82) is 0 Å². The zero-order valence-electron chi connectivity index (χ0n) is 12.9. The minimum Gasteiger partial charge on any atom is -0.464 e. The molecule has 7 nitrogen and oxygen atoms in total. The number of hydrogen-bond acceptors (Lipinski definition) is 6. The highest BCUT2D eigenvalue weighted by Gasteiger charge is 2.17. The Bertz CT molecular complexity index is 515. The predicted octanol–water partition coefficient (Wildman–Crippen LogP) is 0.755. The monoisotopic (exact) mass is 294 g/mol. The third-order valence-corrected chi connectivity index (χ3v) is 3.15. The second-order valence-electron chi connectivity index (χ2n) is 4.52. The molecule has 0 aliphatic heterocycles. The normalized spacial score (nSPS) is 10.1. The first-order valence-corrected chi connectivity index (χ1v) is 6.78. The van der Waals surface area contributed by atoms with Crippen LogP contribution in [0.25, 0.3) is 0 Å². The summed E-state index contributed by atoms with van der Waals surface area (Å²) < 4.78 is 4.63. The van der Waals surface area contributed by atoms with E-state index in [0.717, 1.165) is 0 Å². The van der Waals surface area contributed by atoms with Gasteiger partial charge < -0.3 is 20.3 Å². The molecule has 0 saturated carbocycles. The quantitative estimate of drug-likeness (QED) is 0.779. The van der Waals surface area contributed by atoms with Crippen LogP contribution in [0.4, 0.5) is 11.5 Å². The molecule has 21 heavy (non-hydrogen) atoms. The molecule has 0 unspecified atom stereocenters. The third-order valence-electron chi connectivity index (χ3n) is 3.15. The number of nitrogen functional groups attached to an aromatic ring is 1. The molecule has 0 spiro atoms. The average Bonchev–Trinajstić information content (AvgIpc) is 2.48. The van der Waals surface area contributed by atoms with E-state index >= 15 is 0 Å². The highest BCUT2D eigenvalue weighted by atomic mass is 16.5. The van der Waals surface area contributed by atoms with Crippen molar-refractivity contribution >= 4 is 23.4 Å². The number of carbonyl (C=O) groups is 2. The lowest BCUT2D eigenvalue weighted by molar-refractivity contribution is -0.129. The largest absolute Gasteiger partial charge is 0.464 e. The lowest BCUT2D eigenvalue weighted by atomic mass is 10.3. The number of amides is 1. The Morgan fingerprint density at radius 1 is 1.29 bits per heavy atom. The summed E-state index contributed by atoms with van der Waals surface area (Å²) in [5.41, 5.74) is 6.42. The van der Waals surface area contributed by atoms with Crippen LogP contribution in [0.3, 0.4) is 0 Å². The van der Waals surface area contributed by atoms with Crippen LogP contribution in [0.1, 0.15) is 24.3 Å². The summed E-state index contributed by atoms with van der Waals surface area (Å²) in [5, 5.41) is 0. The lowest BCUT2D eigenvalue weighted by Crippen LogP contribution is -2.39. The van der Waals surface area contributed by atoms with E-state index in [1.807, 2.05) is 13.8 Å². The molecule has 1 rings (SSSR count). The van der Waals surface area contributed by atoms with Crippen LogP contribution >= 0.6 is 0 Å². The number of esters is 1. The van der Waals surface area contributed by atoms with Gasteiger partial charge in [-0.15, -0.1) is 0 Å². The van der Waals surface area contributed by atoms with Crippen molar-refractivity contribution in [2.24, 2.45) is 0 Å². The summed E-state index contributed by atoms with van der Waals surface area (Å²) in [6.07, 6.45) is 0. The number of anilines is 2. The molecule has 0 aliphatic carbocycles. The maximum Gasteiger partial charge on any atom is 0.356 e. The Hall–Kier alpha value is -2.31. The van der Waals surface area contributed by atoms with E-state index in [9.17, 15) is 9.59 Å². The zero-order valence-corrected chi connectivity index (χ0v) is 12.9. The number of likely N-dealkylation sites (N-methyl/N-ethyl adjacent to an activating group) is 2. The fourth-order valence-electron chi connectivity index (χ4n) is 1.94. The summed E-state index contributed by atoms with van der Waals surface area (Å²) in [6, 6.07) is 3.07. The number of nitrogens with two attached hydrogens (primary N) is 1. The third kappa shape index (κ3) is 4.08. The topological polar surface area (TPSA) is 88.8 Å². The smallest absolute Gasteiger partial charge is 0.356 e. The van der Waals surface area contributed by atoms with Crippen molar-refractivity contribution in [1.82, 2.24) is 9.88 Å². The maximum atomic E-state index is 12.1. The van der Waals surface area contributed by atoms with E-state index in [2.05, 4.69) is 9.72 Å². The number of carbonyl (C=O) groups excluding carboxylic acids is 2. The molecule has 1 heterocycles. The molecule has 0 fully saturated rings. The van der Waals surface area contributed by atoms with Gasteiger partial charge in [0.15, 0.2) is 11.5 Å². The van der Waals surface area contributed by atoms with Gasteiger partial charge in [-0.25, -0.2) is 9.78 Å². The number of pyridine rings is 1. The van der Waals surface area contributed by atoms with E-state index in [1.54, 1.807) is 22.9 Å². The van der Waals surface area contributed by atoms with Crippen molar-refractivity contribution in [2.75, 3.05) is 44.4 Å². The molecule has 0 saturated heterocycles. The minimum atomic E-state index is -0.542. The fourth-order valence-corrected chi connectivity index (χ4v) is 1.94. The second-order valence-corrected chi connectivity index (χ2v) is 4.52. The second kappa shape index (κ2) is 7.47. The molecule has 0 radical (unpaired) electrons. The van der Waals surface area contributed by atoms with Crippen molar-refractivity contribution in [2.45, 2.75) is 13.8 Å². The van der Waals surface area contributed by atoms with Gasteiger partial charge in [0.2, 0.25) is 5.91 Å². The number of methoxy groups -OCH3 is 1. The number of nitrogens with zero attached hydrogens (tertiary/aromatic N) is 3. The first-order chi connectivity index (χ1) is 9.94. The molecule has 0 aromatic carbocycles. The van der Waals surface area contributed by atoms with Crippen molar-refractivity contribution in [3.05, 3.63) is 17.8 Å². The lowest BCUT2D eigenvalue weighted by Gasteiger charge is -2.24. The van der Waals surface area contributed by atoms with Crippen molar-refractivity contribution < 1.29 is 14.3 Å². The van der Waals surface area contributed by atoms with Gasteiger partial charge in [0.05, 0.1) is 19.3 Å². The van der Waals surface area contributed by atoms with Gasteiger partial charge in [-0.1, -0.05) is 0 Å². The van der Waals surface area contributed by atoms with Gasteiger partial charge in [0.25, 0.3) is 0 Å². The van der Waals surface area contributed by atoms with Crippen LogP contribution in [0.15, 0.2) is 12.1 Å². The Labute approximate surface area is 124 Å². The van der Waals surface area contributed by atoms with Crippen LogP contribution in [0, 0.1) is 0 Å². The summed E-state index contributed by atoms with van der Waals surface area (Å²) in [6.45, 7) is 5.28. The van der Waals surface area contributed by atoms with Gasteiger partial charge >= 0.3 is 5.97 Å².